The van der Waals surface area contributed by atoms with E-state index < -0.39 is 5.41 Å². The van der Waals surface area contributed by atoms with E-state index in [1.165, 1.54) is 106 Å². The van der Waals surface area contributed by atoms with Gasteiger partial charge in [-0.25, -0.2) is 0 Å². The van der Waals surface area contributed by atoms with Crippen LogP contribution in [0.4, 0.5) is 11.4 Å². The smallest absolute Gasteiger partial charge is 0.0726 e. The Balaban J connectivity index is 0.952. The van der Waals surface area contributed by atoms with Crippen LogP contribution in [0.3, 0.4) is 0 Å². The van der Waals surface area contributed by atoms with Gasteiger partial charge in [-0.1, -0.05) is 177 Å². The van der Waals surface area contributed by atoms with E-state index >= 15 is 0 Å². The van der Waals surface area contributed by atoms with Gasteiger partial charge in [-0.15, -0.1) is 0 Å². The van der Waals surface area contributed by atoms with E-state index in [-0.39, 0.29) is 5.41 Å². The molecule has 2 nitrogen and oxygen atoms in total. The number of fused-ring (bicyclic) bond motifs is 13. The Kier molecular flexibility index (Phi) is 8.18. The van der Waals surface area contributed by atoms with Crippen molar-refractivity contribution in [2.24, 2.45) is 0 Å². The van der Waals surface area contributed by atoms with Gasteiger partial charge in [-0.2, -0.15) is 0 Å². The zero-order valence-corrected chi connectivity index (χ0v) is 35.9. The Labute approximate surface area is 375 Å². The highest BCUT2D eigenvalue weighted by molar-refractivity contribution is 6.00. The van der Waals surface area contributed by atoms with Gasteiger partial charge in [-0.3, -0.25) is 0 Å². The monoisotopic (exact) mass is 818 g/mol. The molecule has 4 aliphatic carbocycles. The number of nitrogens with zero attached hydrogens (tertiary/aromatic N) is 2. The first-order chi connectivity index (χ1) is 31.6. The van der Waals surface area contributed by atoms with Crippen LogP contribution in [0.2, 0.25) is 0 Å². The van der Waals surface area contributed by atoms with Crippen molar-refractivity contribution in [3.63, 3.8) is 0 Å². The van der Waals surface area contributed by atoms with Gasteiger partial charge in [0.2, 0.25) is 0 Å². The first-order valence-electron chi connectivity index (χ1n) is 22.8. The van der Waals surface area contributed by atoms with Crippen LogP contribution in [0.15, 0.2) is 224 Å². The fourth-order valence-electron chi connectivity index (χ4n) is 11.8. The maximum Gasteiger partial charge on any atom is 0.0726 e. The molecule has 13 rings (SSSR count). The van der Waals surface area contributed by atoms with Crippen molar-refractivity contribution in [1.29, 1.82) is 0 Å². The predicted molar refractivity (Wildman–Crippen MR) is 267 cm³/mol. The average Bonchev–Trinajstić information content (AvgIpc) is 3.97. The summed E-state index contributed by atoms with van der Waals surface area (Å²) >= 11 is 0. The first-order valence-corrected chi connectivity index (χ1v) is 22.8. The van der Waals surface area contributed by atoms with Crippen molar-refractivity contribution in [3.8, 4) is 39.1 Å². The molecule has 2 heteroatoms. The van der Waals surface area contributed by atoms with Crippen LogP contribution < -0.4 is 4.90 Å². The number of rotatable bonds is 6. The van der Waals surface area contributed by atoms with Gasteiger partial charge < -0.3 is 9.47 Å². The van der Waals surface area contributed by atoms with Gasteiger partial charge in [-0.05, 0) is 135 Å². The summed E-state index contributed by atoms with van der Waals surface area (Å²) < 4.78 is 2.45. The second-order valence-corrected chi connectivity index (χ2v) is 18.2. The summed E-state index contributed by atoms with van der Waals surface area (Å²) in [6.45, 7) is 2.38. The van der Waals surface area contributed by atoms with Crippen LogP contribution in [0.5, 0.6) is 0 Å². The quantitative estimate of drug-likeness (QED) is 0.162. The second-order valence-electron chi connectivity index (χ2n) is 18.2. The third kappa shape index (κ3) is 5.26. The van der Waals surface area contributed by atoms with Crippen molar-refractivity contribution in [3.05, 3.63) is 263 Å². The van der Waals surface area contributed by atoms with Gasteiger partial charge in [0, 0.05) is 39.1 Å². The number of benzene rings is 8. The van der Waals surface area contributed by atoms with Gasteiger partial charge >= 0.3 is 0 Å². The average molecular weight is 819 g/mol. The molecule has 0 N–H and O–H groups in total. The largest absolute Gasteiger partial charge is 0.314 e. The van der Waals surface area contributed by atoms with Crippen LogP contribution >= 0.6 is 0 Å². The lowest BCUT2D eigenvalue weighted by Gasteiger charge is -2.33. The SMILES string of the molecule is CC1(c2ccccc2)C=Cc2c(c3cc(-c4ccc(N(C5=CC=CCC5)c5cccc6c5-c5ccccc5C65c6ccccc6-c6ccccc65)cc4)ccc3n2-c2ccccc2)C1. The molecule has 0 fully saturated rings. The lowest BCUT2D eigenvalue weighted by atomic mass is 9.70. The predicted octanol–water partition coefficient (Wildman–Crippen LogP) is 15.5. The van der Waals surface area contributed by atoms with Crippen LogP contribution in [-0.2, 0) is 17.3 Å². The molecule has 0 amide bonds. The minimum absolute atomic E-state index is 0.101. The highest BCUT2D eigenvalue weighted by Crippen LogP contribution is 2.64. The van der Waals surface area contributed by atoms with E-state index in [4.69, 9.17) is 0 Å². The maximum atomic E-state index is 2.55. The standard InChI is InChI=1S/C62H46N2/c1-61(44-18-5-2-6-19-44)39-38-58-52(41-61)51-40-43(34-37-57(51)64(58)46-22-9-4-10-23-46)42-32-35-47(36-33-42)63(45-20-7-3-8-21-45)59-31-17-30-56-60(59)50-26-13-16-29-55(50)62(56)53-27-14-11-24-48(53)49-25-12-15-28-54(49)62/h2-7,9-20,22-40H,8,21,41H2,1H3. The third-order valence-corrected chi connectivity index (χ3v) is 14.7. The first kappa shape index (κ1) is 36.9. The zero-order valence-electron chi connectivity index (χ0n) is 35.9. The number of hydrogen-bond acceptors (Lipinski definition) is 1. The Morgan fingerprint density at radius 1 is 0.562 bits per heavy atom. The second kappa shape index (κ2) is 14.2. The van der Waals surface area contributed by atoms with Crippen LogP contribution in [-0.4, -0.2) is 4.57 Å². The molecule has 8 aromatic carbocycles. The number of anilines is 2. The molecule has 4 aliphatic rings. The van der Waals surface area contributed by atoms with Crippen LogP contribution in [0.25, 0.3) is 56.0 Å². The lowest BCUT2D eigenvalue weighted by Crippen LogP contribution is -2.26. The maximum absolute atomic E-state index is 2.55. The fourth-order valence-corrected chi connectivity index (χ4v) is 11.8. The molecule has 0 aliphatic heterocycles. The van der Waals surface area contributed by atoms with E-state index in [0.29, 0.717) is 0 Å². The highest BCUT2D eigenvalue weighted by atomic mass is 15.2. The van der Waals surface area contributed by atoms with Crippen LogP contribution in [0, 0.1) is 0 Å². The summed E-state index contributed by atoms with van der Waals surface area (Å²) in [5, 5.41) is 1.32. The van der Waals surface area contributed by atoms with E-state index in [1.807, 2.05) is 0 Å². The van der Waals surface area contributed by atoms with E-state index in [0.717, 1.165) is 19.3 Å². The van der Waals surface area contributed by atoms with Crippen molar-refractivity contribution in [1.82, 2.24) is 4.57 Å². The highest BCUT2D eigenvalue weighted by Gasteiger charge is 2.52. The third-order valence-electron chi connectivity index (χ3n) is 14.7. The molecular weight excluding hydrogens is 773 g/mol. The Hall–Kier alpha value is -7.68. The van der Waals surface area contributed by atoms with Crippen LogP contribution in [0.1, 0.15) is 58.8 Å². The molecular formula is C62H46N2. The van der Waals surface area contributed by atoms with E-state index in [1.54, 1.807) is 0 Å². The van der Waals surface area contributed by atoms with Gasteiger partial charge in [0.25, 0.3) is 0 Å². The number of allylic oxidation sites excluding steroid dienone is 5. The molecule has 0 radical (unpaired) electrons. The van der Waals surface area contributed by atoms with Gasteiger partial charge in [0.15, 0.2) is 0 Å². The van der Waals surface area contributed by atoms with Crippen molar-refractivity contribution in [2.75, 3.05) is 4.90 Å². The van der Waals surface area contributed by atoms with Crippen molar-refractivity contribution in [2.45, 2.75) is 37.0 Å². The van der Waals surface area contributed by atoms with E-state index in [9.17, 15) is 0 Å². The summed E-state index contributed by atoms with van der Waals surface area (Å²) in [4.78, 5) is 2.55. The lowest BCUT2D eigenvalue weighted by molar-refractivity contribution is 0.588. The van der Waals surface area contributed by atoms with Gasteiger partial charge in [0.1, 0.15) is 0 Å². The summed E-state index contributed by atoms with van der Waals surface area (Å²) in [6.07, 6.45) is 14.5. The summed E-state index contributed by atoms with van der Waals surface area (Å²) in [6, 6.07) is 72.6. The van der Waals surface area contributed by atoms with E-state index in [2.05, 4.69) is 241 Å². The molecule has 304 valence electrons. The molecule has 1 aromatic heterocycles. The molecule has 9 aromatic rings. The molecule has 0 saturated heterocycles. The minimum Gasteiger partial charge on any atom is -0.314 e. The summed E-state index contributed by atoms with van der Waals surface area (Å²) in [5.74, 6) is 0. The normalized spacial score (nSPS) is 17.1. The Morgan fingerprint density at radius 2 is 1.19 bits per heavy atom. The Bertz CT molecular complexity index is 3370. The van der Waals surface area contributed by atoms with Crippen molar-refractivity contribution >= 4 is 28.4 Å². The number of hydrogen-bond donors (Lipinski definition) is 0. The molecule has 1 unspecified atom stereocenters. The molecule has 1 heterocycles. The van der Waals surface area contributed by atoms with Crippen molar-refractivity contribution < 1.29 is 0 Å². The molecule has 64 heavy (non-hydrogen) atoms. The molecule has 0 saturated carbocycles. The molecule has 1 atom stereocenters. The van der Waals surface area contributed by atoms with Gasteiger partial charge in [0.05, 0.1) is 16.6 Å². The zero-order chi connectivity index (χ0) is 42.4. The molecule has 1 spiro atoms. The Morgan fingerprint density at radius 3 is 1.89 bits per heavy atom. The summed E-state index contributed by atoms with van der Waals surface area (Å²) in [5.41, 5.74) is 22.8. The topological polar surface area (TPSA) is 8.17 Å². The molecule has 0 bridgehead atoms. The number of para-hydroxylation sites is 1. The number of aromatic nitrogens is 1. The summed E-state index contributed by atoms with van der Waals surface area (Å²) in [7, 11) is 0. The minimum atomic E-state index is -0.392. The fraction of sp³-hybridized carbons (Fsp3) is 0.0968.